The van der Waals surface area contributed by atoms with Gasteiger partial charge in [-0.15, -0.1) is 0 Å². The van der Waals surface area contributed by atoms with Crippen LogP contribution in [0.4, 0.5) is 4.39 Å². The third-order valence-corrected chi connectivity index (χ3v) is 5.56. The van der Waals surface area contributed by atoms with Crippen LogP contribution in [0.15, 0.2) is 0 Å². The van der Waals surface area contributed by atoms with Crippen LogP contribution in [-0.2, 0) is 36.7 Å². The van der Waals surface area contributed by atoms with Gasteiger partial charge in [-0.1, -0.05) is 0 Å². The lowest BCUT2D eigenvalue weighted by atomic mass is 10.0. The van der Waals surface area contributed by atoms with Gasteiger partial charge in [0, 0.05) is 12.5 Å². The van der Waals surface area contributed by atoms with Crippen LogP contribution < -0.4 is 0 Å². The third kappa shape index (κ3) is 12.6. The summed E-state index contributed by atoms with van der Waals surface area (Å²) >= 11 is 0. The average molecular weight is 466 g/mol. The Hall–Kier alpha value is 0.160. The molecular formula is C13H31B2FO11P2. The minimum Gasteiger partial charge on any atom is -0.394 e. The van der Waals surface area contributed by atoms with E-state index in [1.54, 1.807) is 22.6 Å². The molecule has 0 aliphatic carbocycles. The highest BCUT2D eigenvalue weighted by Gasteiger charge is 2.36. The monoisotopic (exact) mass is 466 g/mol. The second-order valence-electron chi connectivity index (χ2n) is 6.16. The first-order valence-electron chi connectivity index (χ1n) is 9.16. The van der Waals surface area contributed by atoms with Crippen molar-refractivity contribution in [1.82, 2.24) is 0 Å². The van der Waals surface area contributed by atoms with Crippen molar-refractivity contribution in [3.63, 3.8) is 0 Å². The highest BCUT2D eigenvalue weighted by atomic mass is 31.2. The molecule has 7 atom stereocenters. The minimum atomic E-state index is -4.66. The maximum Gasteiger partial charge on any atom is 0.472 e. The number of rotatable bonds is 17. The number of phosphoric ester groups is 2. The first kappa shape index (κ1) is 29.2. The Morgan fingerprint density at radius 2 is 1.62 bits per heavy atom. The van der Waals surface area contributed by atoms with E-state index >= 15 is 0 Å². The number of hydrogen-bond acceptors (Lipinski definition) is 9. The molecule has 0 aromatic heterocycles. The second kappa shape index (κ2) is 14.3. The molecule has 0 rings (SSSR count). The lowest BCUT2D eigenvalue weighted by molar-refractivity contribution is -0.0810. The zero-order valence-corrected chi connectivity index (χ0v) is 19.1. The lowest BCUT2D eigenvalue weighted by Gasteiger charge is -2.29. The Kier molecular flexibility index (Phi) is 14.3. The van der Waals surface area contributed by atoms with Crippen LogP contribution in [0.2, 0.25) is 0 Å². The summed E-state index contributed by atoms with van der Waals surface area (Å²) in [6.07, 6.45) is -4.78. The van der Waals surface area contributed by atoms with E-state index in [4.69, 9.17) is 23.0 Å². The van der Waals surface area contributed by atoms with Crippen LogP contribution in [0.5, 0.6) is 0 Å². The molecule has 0 aromatic carbocycles. The Balaban J connectivity index is 5.12. The van der Waals surface area contributed by atoms with Gasteiger partial charge in [-0.25, -0.2) is 13.5 Å². The van der Waals surface area contributed by atoms with E-state index in [1.807, 2.05) is 0 Å². The van der Waals surface area contributed by atoms with Crippen LogP contribution in [0.3, 0.4) is 0 Å². The van der Waals surface area contributed by atoms with Gasteiger partial charge in [0.05, 0.1) is 25.9 Å². The highest BCUT2D eigenvalue weighted by Crippen LogP contribution is 2.47. The Bertz CT molecular complexity index is 545. The van der Waals surface area contributed by atoms with E-state index in [9.17, 15) is 28.4 Å². The summed E-state index contributed by atoms with van der Waals surface area (Å²) in [4.78, 5) is 19.5. The number of alkyl halides is 1. The van der Waals surface area contributed by atoms with Crippen LogP contribution in [0.25, 0.3) is 0 Å². The zero-order valence-electron chi connectivity index (χ0n) is 17.3. The Labute approximate surface area is 172 Å². The second-order valence-corrected chi connectivity index (χ2v) is 8.97. The molecule has 5 unspecified atom stereocenters. The predicted octanol–water partition coefficient (Wildman–Crippen LogP) is -0.668. The molecule has 0 spiro atoms. The summed E-state index contributed by atoms with van der Waals surface area (Å²) in [5, 5.41) is 9.24. The third-order valence-electron chi connectivity index (χ3n) is 3.36. The van der Waals surface area contributed by atoms with E-state index in [0.717, 1.165) is 0 Å². The maximum absolute atomic E-state index is 13.4. The van der Waals surface area contributed by atoms with Gasteiger partial charge in [0.1, 0.15) is 40.7 Å². The first-order valence-corrected chi connectivity index (χ1v) is 12.2. The molecule has 3 N–H and O–H groups in total. The fraction of sp³-hybridized carbons (Fsp3) is 1.00. The highest BCUT2D eigenvalue weighted by molar-refractivity contribution is 7.47. The quantitative estimate of drug-likeness (QED) is 0.185. The van der Waals surface area contributed by atoms with E-state index in [1.165, 1.54) is 13.8 Å². The molecule has 0 saturated heterocycles. The van der Waals surface area contributed by atoms with Gasteiger partial charge in [-0.2, -0.15) is 0 Å². The molecule has 11 nitrogen and oxygen atoms in total. The van der Waals surface area contributed by atoms with E-state index in [0.29, 0.717) is 0 Å². The van der Waals surface area contributed by atoms with Crippen LogP contribution in [0.1, 0.15) is 20.8 Å². The molecule has 0 radical (unpaired) electrons. The summed E-state index contributed by atoms with van der Waals surface area (Å²) in [7, 11) is -5.94. The van der Waals surface area contributed by atoms with Crippen molar-refractivity contribution in [3.05, 3.63) is 0 Å². The number of halogens is 1. The van der Waals surface area contributed by atoms with E-state index in [2.05, 4.69) is 4.52 Å². The molecule has 0 aliphatic heterocycles. The van der Waals surface area contributed by atoms with Crippen LogP contribution in [0, 0.1) is 0 Å². The largest absolute Gasteiger partial charge is 0.472 e. The van der Waals surface area contributed by atoms with Gasteiger partial charge < -0.3 is 24.4 Å². The van der Waals surface area contributed by atoms with Gasteiger partial charge in [-0.3, -0.25) is 18.1 Å². The molecule has 0 fully saturated rings. The molecule has 0 aromatic rings. The van der Waals surface area contributed by atoms with Gasteiger partial charge in [0.2, 0.25) is 0 Å². The fourth-order valence-electron chi connectivity index (χ4n) is 2.17. The normalized spacial score (nSPS) is 21.5. The molecule has 0 heterocycles. The van der Waals surface area contributed by atoms with Crippen molar-refractivity contribution in [2.45, 2.75) is 51.2 Å². The number of phosphoric acid groups is 2. The first-order chi connectivity index (χ1) is 13.4. The van der Waals surface area contributed by atoms with E-state index < -0.39 is 66.0 Å². The Morgan fingerprint density at radius 3 is 2.07 bits per heavy atom. The molecule has 172 valence electrons. The lowest BCUT2D eigenvalue weighted by Crippen LogP contribution is -2.39. The van der Waals surface area contributed by atoms with E-state index in [-0.39, 0.29) is 13.1 Å². The maximum atomic E-state index is 13.4. The van der Waals surface area contributed by atoms with Gasteiger partial charge in [-0.05, 0) is 20.8 Å². The van der Waals surface area contributed by atoms with Crippen LogP contribution >= 0.6 is 15.6 Å². The molecule has 0 aliphatic rings. The Morgan fingerprint density at radius 1 is 1.03 bits per heavy atom. The molecule has 0 saturated carbocycles. The molecular weight excluding hydrogens is 435 g/mol. The molecule has 0 amide bonds. The summed E-state index contributed by atoms with van der Waals surface area (Å²) in [6.45, 7) is 2.18. The topological polar surface area (TPSA) is 150 Å². The van der Waals surface area contributed by atoms with Crippen molar-refractivity contribution in [1.29, 1.82) is 0 Å². The number of aliphatic hydroxyl groups excluding tert-OH is 1. The summed E-state index contributed by atoms with van der Waals surface area (Å²) < 4.78 is 67.1. The number of aliphatic hydroxyl groups is 1. The minimum absolute atomic E-state index is 0.150. The SMILES string of the molecule is BCOC(CO)[C@@H](C)OP(=O)(O)OCC(O[C@@H](B)C)C(CF)OP(=O)(O)OCC. The van der Waals surface area contributed by atoms with Crippen molar-refractivity contribution in [3.8, 4) is 0 Å². The smallest absolute Gasteiger partial charge is 0.394 e. The summed E-state index contributed by atoms with van der Waals surface area (Å²) in [5.41, 5.74) is 0. The standard InChI is InChI=1S/C13H31B2FO11P2/c1-4-23-28(18,19)27-11(5-16)13(25-10(3)15)7-24-29(20,21)26-9(2)12(6-17)22-8-14/h9-13,17H,4-8,14-15H2,1-3H3,(H,18,19)(H,20,21)/t9-,10-,11?,12?,13?/m1/s1. The van der Waals surface area contributed by atoms with Gasteiger partial charge >= 0.3 is 15.6 Å². The zero-order chi connectivity index (χ0) is 22.7. The summed E-state index contributed by atoms with van der Waals surface area (Å²) in [6, 6.07) is -0.485. The van der Waals surface area contributed by atoms with Crippen molar-refractivity contribution in [2.75, 3.05) is 33.0 Å². The average Bonchev–Trinajstić information content (AvgIpc) is 2.60. The summed E-state index contributed by atoms with van der Waals surface area (Å²) in [5.74, 6) is 0. The van der Waals surface area contributed by atoms with Gasteiger partial charge in [0.15, 0.2) is 0 Å². The van der Waals surface area contributed by atoms with Crippen molar-refractivity contribution < 1.29 is 56.0 Å². The number of hydrogen-bond donors (Lipinski definition) is 3. The predicted molar refractivity (Wildman–Crippen MR) is 107 cm³/mol. The molecule has 16 heteroatoms. The van der Waals surface area contributed by atoms with Crippen LogP contribution in [-0.4, -0.2) is 94.0 Å². The van der Waals surface area contributed by atoms with Gasteiger partial charge in [0.25, 0.3) is 0 Å². The fourth-order valence-corrected chi connectivity index (χ4v) is 4.04. The number of ether oxygens (including phenoxy) is 2. The molecule has 0 bridgehead atoms. The van der Waals surface area contributed by atoms with Crippen molar-refractivity contribution >= 4 is 31.3 Å². The molecule has 29 heavy (non-hydrogen) atoms. The van der Waals surface area contributed by atoms with Crippen molar-refractivity contribution in [2.24, 2.45) is 0 Å².